The van der Waals surface area contributed by atoms with E-state index in [-0.39, 0.29) is 35.5 Å². The summed E-state index contributed by atoms with van der Waals surface area (Å²) >= 11 is 6.19. The summed E-state index contributed by atoms with van der Waals surface area (Å²) in [5.41, 5.74) is 2.31. The molecule has 228 valence electrons. The number of aromatic nitrogens is 1. The molecule has 3 atom stereocenters. The van der Waals surface area contributed by atoms with Crippen LogP contribution < -0.4 is 4.90 Å². The summed E-state index contributed by atoms with van der Waals surface area (Å²) in [5, 5.41) is 9.68. The highest BCUT2D eigenvalue weighted by atomic mass is 35.5. The molecule has 1 aromatic heterocycles. The van der Waals surface area contributed by atoms with Gasteiger partial charge >= 0.3 is 6.09 Å². The Morgan fingerprint density at radius 2 is 1.73 bits per heavy atom. The normalized spacial score (nSPS) is 21.0. The fraction of sp³-hybridized carbons (Fsp3) is 0.412. The molecule has 1 aliphatic carbocycles. The fourth-order valence-corrected chi connectivity index (χ4v) is 6.59. The molecule has 0 bridgehead atoms. The van der Waals surface area contributed by atoms with Crippen LogP contribution >= 0.6 is 11.6 Å². The molecule has 3 fully saturated rings. The van der Waals surface area contributed by atoms with E-state index in [2.05, 4.69) is 16.0 Å². The number of hydrogen-bond acceptors (Lipinski definition) is 6. The Kier molecular flexibility index (Phi) is 8.72. The molecule has 1 saturated carbocycles. The van der Waals surface area contributed by atoms with E-state index in [0.717, 1.165) is 29.8 Å². The van der Waals surface area contributed by atoms with Crippen molar-refractivity contribution in [2.24, 2.45) is 11.8 Å². The quantitative estimate of drug-likeness (QED) is 0.315. The highest BCUT2D eigenvalue weighted by Crippen LogP contribution is 2.44. The Labute approximate surface area is 262 Å². The van der Waals surface area contributed by atoms with Gasteiger partial charge in [0.1, 0.15) is 23.8 Å². The largest absolute Gasteiger partial charge is 0.441 e. The summed E-state index contributed by atoms with van der Waals surface area (Å²) in [6, 6.07) is 19.1. The van der Waals surface area contributed by atoms with Crippen LogP contribution in [0.4, 0.5) is 15.0 Å². The van der Waals surface area contributed by atoms with Crippen LogP contribution in [-0.2, 0) is 9.53 Å². The van der Waals surface area contributed by atoms with Gasteiger partial charge in [-0.15, -0.1) is 0 Å². The van der Waals surface area contributed by atoms with E-state index in [1.54, 1.807) is 36.3 Å². The number of halogens is 2. The molecule has 0 N–H and O–H groups in total. The van der Waals surface area contributed by atoms with Gasteiger partial charge < -0.3 is 19.4 Å². The third kappa shape index (κ3) is 6.51. The maximum absolute atomic E-state index is 13.9. The minimum Gasteiger partial charge on any atom is -0.441 e. The number of piperidine rings is 1. The monoisotopic (exact) mass is 615 g/mol. The lowest BCUT2D eigenvalue weighted by Gasteiger charge is -2.34. The van der Waals surface area contributed by atoms with Crippen molar-refractivity contribution < 1.29 is 18.7 Å². The molecule has 10 heteroatoms. The summed E-state index contributed by atoms with van der Waals surface area (Å²) in [6.45, 7) is 2.29. The summed E-state index contributed by atoms with van der Waals surface area (Å²) < 4.78 is 19.6. The average Bonchev–Trinajstić information content (AvgIpc) is 3.81. The van der Waals surface area contributed by atoms with Gasteiger partial charge in [0.15, 0.2) is 0 Å². The van der Waals surface area contributed by atoms with Gasteiger partial charge in [-0.05, 0) is 73.2 Å². The molecule has 6 rings (SSSR count). The average molecular weight is 616 g/mol. The number of carbonyl (C=O) groups excluding carboxylic acids is 2. The highest BCUT2D eigenvalue weighted by Gasteiger charge is 2.44. The summed E-state index contributed by atoms with van der Waals surface area (Å²) in [7, 11) is 1.74. The van der Waals surface area contributed by atoms with Crippen molar-refractivity contribution in [3.8, 4) is 6.07 Å². The first-order valence-corrected chi connectivity index (χ1v) is 15.5. The van der Waals surface area contributed by atoms with Gasteiger partial charge in [0.05, 0.1) is 11.6 Å². The Morgan fingerprint density at radius 1 is 1.02 bits per heavy atom. The Bertz CT molecular complexity index is 1520. The van der Waals surface area contributed by atoms with Crippen LogP contribution in [0.5, 0.6) is 0 Å². The van der Waals surface area contributed by atoms with Gasteiger partial charge in [-0.3, -0.25) is 4.79 Å². The number of rotatable bonds is 7. The Hall–Kier alpha value is -4.16. The first kappa shape index (κ1) is 29.9. The second-order valence-corrected chi connectivity index (χ2v) is 12.5. The molecule has 2 saturated heterocycles. The second-order valence-electron chi connectivity index (χ2n) is 12.1. The molecule has 2 amide bonds. The number of likely N-dealkylation sites (N-methyl/N-ethyl adjacent to an activating group) is 1. The van der Waals surface area contributed by atoms with E-state index in [1.807, 2.05) is 35.2 Å². The van der Waals surface area contributed by atoms with Gasteiger partial charge in [0.25, 0.3) is 0 Å². The van der Waals surface area contributed by atoms with Gasteiger partial charge in [-0.2, -0.15) is 5.26 Å². The molecule has 3 aliphatic rings. The first-order valence-electron chi connectivity index (χ1n) is 15.1. The third-order valence-corrected chi connectivity index (χ3v) is 9.46. The predicted octanol–water partition coefficient (Wildman–Crippen LogP) is 6.18. The van der Waals surface area contributed by atoms with Crippen LogP contribution in [0.3, 0.4) is 0 Å². The SMILES string of the molecule is CN(C(=O)OC(c1ccc(F)cc1)C1CC1)[C@@H]1CN(C(=O)C2CCN(c3ccc(C#N)cn3)CC2)C[C@H]1c1ccc(Cl)cc1. The third-order valence-electron chi connectivity index (χ3n) is 9.21. The van der Waals surface area contributed by atoms with Crippen LogP contribution in [0.1, 0.15) is 54.4 Å². The maximum atomic E-state index is 13.9. The smallest absolute Gasteiger partial charge is 0.410 e. The van der Waals surface area contributed by atoms with Crippen LogP contribution in [0.25, 0.3) is 0 Å². The van der Waals surface area contributed by atoms with Gasteiger partial charge in [0.2, 0.25) is 5.91 Å². The molecule has 0 radical (unpaired) electrons. The van der Waals surface area contributed by atoms with Crippen LogP contribution in [0.2, 0.25) is 5.02 Å². The van der Waals surface area contributed by atoms with Crippen molar-refractivity contribution in [2.45, 2.75) is 43.7 Å². The number of benzene rings is 2. The van der Waals surface area contributed by atoms with Crippen molar-refractivity contribution in [3.63, 3.8) is 0 Å². The number of carbonyl (C=O) groups is 2. The minimum atomic E-state index is -0.451. The van der Waals surface area contributed by atoms with Crippen LogP contribution in [0.15, 0.2) is 66.9 Å². The number of pyridine rings is 1. The molecular weight excluding hydrogens is 581 g/mol. The molecule has 1 unspecified atom stereocenters. The Morgan fingerprint density at radius 3 is 2.34 bits per heavy atom. The topological polar surface area (TPSA) is 89.8 Å². The molecule has 2 aromatic carbocycles. The van der Waals surface area contributed by atoms with Gasteiger partial charge in [-0.1, -0.05) is 35.9 Å². The maximum Gasteiger partial charge on any atom is 0.410 e. The van der Waals surface area contributed by atoms with Crippen molar-refractivity contribution in [1.82, 2.24) is 14.8 Å². The molecular formula is C34H35ClFN5O3. The standard InChI is InChI=1S/C34H35ClFN5O3/c1-39(34(43)44-32(24-3-4-24)25-7-11-28(36)12-8-25)30-21-41(20-29(30)23-5-9-27(35)10-6-23)33(42)26-14-16-40(17-15-26)31-13-2-22(18-37)19-38-31/h2,5-13,19,24,26,29-30,32H,3-4,14-17,20-21H2,1H3/t29-,30+,32?/m0/s1. The predicted molar refractivity (Wildman–Crippen MR) is 165 cm³/mol. The zero-order valence-electron chi connectivity index (χ0n) is 24.6. The van der Waals surface area contributed by atoms with Crippen LogP contribution in [0, 0.1) is 29.0 Å². The number of nitrogens with zero attached hydrogens (tertiary/aromatic N) is 5. The van der Waals surface area contributed by atoms with E-state index < -0.39 is 12.2 Å². The molecule has 2 aliphatic heterocycles. The lowest BCUT2D eigenvalue weighted by molar-refractivity contribution is -0.135. The van der Waals surface area contributed by atoms with E-state index in [0.29, 0.717) is 49.6 Å². The minimum absolute atomic E-state index is 0.0998. The number of likely N-dealkylation sites (tertiary alicyclic amines) is 1. The Balaban J connectivity index is 1.15. The van der Waals surface area contributed by atoms with E-state index in [1.165, 1.54) is 12.1 Å². The highest BCUT2D eigenvalue weighted by molar-refractivity contribution is 6.30. The van der Waals surface area contributed by atoms with Crippen molar-refractivity contribution in [1.29, 1.82) is 5.26 Å². The lowest BCUT2D eigenvalue weighted by atomic mass is 9.93. The van der Waals surface area contributed by atoms with Gasteiger partial charge in [0, 0.05) is 62.2 Å². The van der Waals surface area contributed by atoms with E-state index >= 15 is 0 Å². The number of anilines is 1. The van der Waals surface area contributed by atoms with Crippen LogP contribution in [-0.4, -0.2) is 66.1 Å². The molecule has 44 heavy (non-hydrogen) atoms. The fourth-order valence-electron chi connectivity index (χ4n) is 6.46. The molecule has 8 nitrogen and oxygen atoms in total. The summed E-state index contributed by atoms with van der Waals surface area (Å²) in [6.07, 6.45) is 4.00. The number of nitriles is 1. The molecule has 0 spiro atoms. The van der Waals surface area contributed by atoms with E-state index in [9.17, 15) is 14.0 Å². The number of ether oxygens (including phenoxy) is 1. The summed E-state index contributed by atoms with van der Waals surface area (Å²) in [5.74, 6) is 0.569. The number of hydrogen-bond donors (Lipinski definition) is 0. The van der Waals surface area contributed by atoms with Crippen molar-refractivity contribution in [2.75, 3.05) is 38.1 Å². The molecule has 3 aromatic rings. The molecule has 3 heterocycles. The number of amides is 2. The first-order chi connectivity index (χ1) is 21.3. The van der Waals surface area contributed by atoms with Crippen molar-refractivity contribution >= 4 is 29.4 Å². The summed E-state index contributed by atoms with van der Waals surface area (Å²) in [4.78, 5) is 37.5. The zero-order chi connectivity index (χ0) is 30.8. The lowest BCUT2D eigenvalue weighted by Crippen LogP contribution is -2.45. The second kappa shape index (κ2) is 12.8. The zero-order valence-corrected chi connectivity index (χ0v) is 25.4. The van der Waals surface area contributed by atoms with Gasteiger partial charge in [-0.25, -0.2) is 14.2 Å². The van der Waals surface area contributed by atoms with Crippen molar-refractivity contribution in [3.05, 3.63) is 94.4 Å². The van der Waals surface area contributed by atoms with E-state index in [4.69, 9.17) is 21.6 Å².